The van der Waals surface area contributed by atoms with Crippen LogP contribution in [0.5, 0.6) is 0 Å². The molecule has 2 heterocycles. The van der Waals surface area contributed by atoms with E-state index < -0.39 is 0 Å². The zero-order valence-electron chi connectivity index (χ0n) is 15.4. The summed E-state index contributed by atoms with van der Waals surface area (Å²) in [5, 5.41) is 0.991. The summed E-state index contributed by atoms with van der Waals surface area (Å²) in [6.45, 7) is 6.60. The SMILES string of the molecule is CCC(=O)N(Cc1ccncc1)Cc1cc2cc(C)cc(C)c2[nH]c1=O. The number of carbonyl (C=O) groups is 1. The number of hydrogen-bond donors (Lipinski definition) is 1. The minimum Gasteiger partial charge on any atom is -0.334 e. The molecule has 5 nitrogen and oxygen atoms in total. The van der Waals surface area contributed by atoms with Crippen molar-refractivity contribution in [2.45, 2.75) is 40.3 Å². The highest BCUT2D eigenvalue weighted by Gasteiger charge is 2.15. The van der Waals surface area contributed by atoms with Gasteiger partial charge in [0.15, 0.2) is 0 Å². The number of benzene rings is 1. The van der Waals surface area contributed by atoms with Gasteiger partial charge in [-0.2, -0.15) is 0 Å². The lowest BCUT2D eigenvalue weighted by molar-refractivity contribution is -0.132. The number of fused-ring (bicyclic) bond motifs is 1. The molecule has 0 saturated carbocycles. The number of aromatic amines is 1. The lowest BCUT2D eigenvalue weighted by Gasteiger charge is -2.22. The Morgan fingerprint density at radius 3 is 2.54 bits per heavy atom. The van der Waals surface area contributed by atoms with Crippen molar-refractivity contribution in [3.63, 3.8) is 0 Å². The molecule has 1 N–H and O–H groups in total. The molecule has 1 amide bonds. The molecule has 0 bridgehead atoms. The van der Waals surface area contributed by atoms with Gasteiger partial charge in [-0.1, -0.05) is 18.6 Å². The third-order valence-corrected chi connectivity index (χ3v) is 4.51. The van der Waals surface area contributed by atoms with E-state index in [1.165, 1.54) is 0 Å². The average molecular weight is 349 g/mol. The van der Waals surface area contributed by atoms with Gasteiger partial charge < -0.3 is 9.88 Å². The Balaban J connectivity index is 1.96. The van der Waals surface area contributed by atoms with E-state index in [1.807, 2.05) is 45.0 Å². The third kappa shape index (κ3) is 3.82. The van der Waals surface area contributed by atoms with Crippen molar-refractivity contribution in [1.82, 2.24) is 14.9 Å². The Morgan fingerprint density at radius 2 is 1.85 bits per heavy atom. The zero-order valence-corrected chi connectivity index (χ0v) is 15.4. The highest BCUT2D eigenvalue weighted by molar-refractivity contribution is 5.83. The van der Waals surface area contributed by atoms with Crippen molar-refractivity contribution in [3.05, 3.63) is 75.3 Å². The average Bonchev–Trinajstić information content (AvgIpc) is 2.62. The number of rotatable bonds is 5. The molecule has 0 saturated heterocycles. The van der Waals surface area contributed by atoms with Crippen LogP contribution in [0.3, 0.4) is 0 Å². The molecule has 2 aromatic heterocycles. The Hall–Kier alpha value is -2.95. The molecular weight excluding hydrogens is 326 g/mol. The number of pyridine rings is 2. The summed E-state index contributed by atoms with van der Waals surface area (Å²) in [6.07, 6.45) is 3.81. The van der Waals surface area contributed by atoms with Gasteiger partial charge in [0.1, 0.15) is 0 Å². The molecule has 0 aliphatic carbocycles. The second kappa shape index (κ2) is 7.52. The lowest BCUT2D eigenvalue weighted by atomic mass is 10.0. The summed E-state index contributed by atoms with van der Waals surface area (Å²) in [7, 11) is 0. The number of H-pyrrole nitrogens is 1. The second-order valence-electron chi connectivity index (χ2n) is 6.63. The van der Waals surface area contributed by atoms with Crippen LogP contribution in [0.1, 0.15) is 35.6 Å². The maximum atomic E-state index is 12.6. The van der Waals surface area contributed by atoms with Gasteiger partial charge in [0.05, 0.1) is 12.1 Å². The topological polar surface area (TPSA) is 66.1 Å². The van der Waals surface area contributed by atoms with E-state index in [0.717, 1.165) is 27.6 Å². The van der Waals surface area contributed by atoms with Crippen LogP contribution in [0.2, 0.25) is 0 Å². The fourth-order valence-corrected chi connectivity index (χ4v) is 3.22. The van der Waals surface area contributed by atoms with Crippen LogP contribution in [0.15, 0.2) is 47.5 Å². The predicted octanol–water partition coefficient (Wildman–Crippen LogP) is 3.48. The molecule has 0 aliphatic rings. The molecule has 0 fully saturated rings. The highest BCUT2D eigenvalue weighted by Crippen LogP contribution is 2.19. The van der Waals surface area contributed by atoms with Crippen molar-refractivity contribution in [3.8, 4) is 0 Å². The quantitative estimate of drug-likeness (QED) is 0.767. The van der Waals surface area contributed by atoms with E-state index in [1.54, 1.807) is 17.3 Å². The van der Waals surface area contributed by atoms with Crippen LogP contribution in [0.25, 0.3) is 10.9 Å². The van der Waals surface area contributed by atoms with Crippen LogP contribution < -0.4 is 5.56 Å². The van der Waals surface area contributed by atoms with E-state index in [0.29, 0.717) is 18.5 Å². The first-order chi connectivity index (χ1) is 12.5. The molecule has 0 atom stereocenters. The zero-order chi connectivity index (χ0) is 18.7. The van der Waals surface area contributed by atoms with Crippen molar-refractivity contribution in [1.29, 1.82) is 0 Å². The van der Waals surface area contributed by atoms with Crippen LogP contribution in [0.4, 0.5) is 0 Å². The first-order valence-corrected chi connectivity index (χ1v) is 8.77. The van der Waals surface area contributed by atoms with E-state index in [-0.39, 0.29) is 18.0 Å². The molecule has 134 valence electrons. The van der Waals surface area contributed by atoms with Gasteiger partial charge >= 0.3 is 0 Å². The van der Waals surface area contributed by atoms with Gasteiger partial charge in [0, 0.05) is 30.9 Å². The van der Waals surface area contributed by atoms with Gasteiger partial charge in [0.2, 0.25) is 5.91 Å². The van der Waals surface area contributed by atoms with Crippen LogP contribution in [-0.2, 0) is 17.9 Å². The van der Waals surface area contributed by atoms with E-state index in [9.17, 15) is 9.59 Å². The molecule has 26 heavy (non-hydrogen) atoms. The van der Waals surface area contributed by atoms with E-state index >= 15 is 0 Å². The fraction of sp³-hybridized carbons (Fsp3) is 0.286. The smallest absolute Gasteiger partial charge is 0.253 e. The summed E-state index contributed by atoms with van der Waals surface area (Å²) in [5.41, 5.74) is 4.48. The van der Waals surface area contributed by atoms with Crippen molar-refractivity contribution in [2.75, 3.05) is 0 Å². The van der Waals surface area contributed by atoms with Crippen LogP contribution >= 0.6 is 0 Å². The lowest BCUT2D eigenvalue weighted by Crippen LogP contribution is -2.32. The molecule has 3 aromatic rings. The summed E-state index contributed by atoms with van der Waals surface area (Å²) in [4.78, 5) is 33.7. The third-order valence-electron chi connectivity index (χ3n) is 4.51. The van der Waals surface area contributed by atoms with E-state index in [2.05, 4.69) is 16.0 Å². The van der Waals surface area contributed by atoms with Gasteiger partial charge in [-0.3, -0.25) is 14.6 Å². The molecule has 0 unspecified atom stereocenters. The van der Waals surface area contributed by atoms with Crippen molar-refractivity contribution < 1.29 is 4.79 Å². The molecule has 0 aliphatic heterocycles. The number of aryl methyl sites for hydroxylation is 2. The first-order valence-electron chi connectivity index (χ1n) is 8.77. The Kier molecular flexibility index (Phi) is 5.16. The first kappa shape index (κ1) is 17.9. The second-order valence-corrected chi connectivity index (χ2v) is 6.63. The van der Waals surface area contributed by atoms with Crippen LogP contribution in [0, 0.1) is 13.8 Å². The minimum atomic E-state index is -0.145. The molecule has 3 rings (SSSR count). The Bertz CT molecular complexity index is 993. The number of carbonyl (C=O) groups excluding carboxylic acids is 1. The molecular formula is C21H23N3O2. The van der Waals surface area contributed by atoms with Gasteiger partial charge in [-0.15, -0.1) is 0 Å². The largest absolute Gasteiger partial charge is 0.334 e. The Morgan fingerprint density at radius 1 is 1.12 bits per heavy atom. The molecule has 0 radical (unpaired) electrons. The van der Waals surface area contributed by atoms with Gasteiger partial charge in [-0.05, 0) is 54.6 Å². The van der Waals surface area contributed by atoms with Gasteiger partial charge in [0.25, 0.3) is 5.56 Å². The molecule has 1 aromatic carbocycles. The van der Waals surface area contributed by atoms with Crippen LogP contribution in [-0.4, -0.2) is 20.8 Å². The minimum absolute atomic E-state index is 0.0155. The monoisotopic (exact) mass is 349 g/mol. The number of hydrogen-bond acceptors (Lipinski definition) is 3. The number of aromatic nitrogens is 2. The normalized spacial score (nSPS) is 10.9. The number of nitrogens with zero attached hydrogens (tertiary/aromatic N) is 2. The maximum absolute atomic E-state index is 12.6. The Labute approximate surface area is 152 Å². The highest BCUT2D eigenvalue weighted by atomic mass is 16.2. The molecule has 0 spiro atoms. The van der Waals surface area contributed by atoms with Gasteiger partial charge in [-0.25, -0.2) is 0 Å². The fourth-order valence-electron chi connectivity index (χ4n) is 3.22. The molecule has 5 heteroatoms. The number of nitrogens with one attached hydrogen (secondary N) is 1. The predicted molar refractivity (Wildman–Crippen MR) is 103 cm³/mol. The summed E-state index contributed by atoms with van der Waals surface area (Å²) >= 11 is 0. The summed E-state index contributed by atoms with van der Waals surface area (Å²) < 4.78 is 0. The maximum Gasteiger partial charge on any atom is 0.253 e. The van der Waals surface area contributed by atoms with Crippen molar-refractivity contribution >= 4 is 16.8 Å². The standard InChI is InChI=1S/C21H23N3O2/c1-4-19(25)24(12-16-5-7-22-8-6-16)13-18-11-17-10-14(2)9-15(3)20(17)23-21(18)26/h5-11H,4,12-13H2,1-3H3,(H,23,26). The summed E-state index contributed by atoms with van der Waals surface area (Å²) in [5.74, 6) is 0.0155. The van der Waals surface area contributed by atoms with E-state index in [4.69, 9.17) is 0 Å². The number of amides is 1. The van der Waals surface area contributed by atoms with Crippen molar-refractivity contribution in [2.24, 2.45) is 0 Å². The summed E-state index contributed by atoms with van der Waals surface area (Å²) in [6, 6.07) is 9.77.